The van der Waals surface area contributed by atoms with E-state index in [0.717, 1.165) is 18.6 Å². The van der Waals surface area contributed by atoms with Gasteiger partial charge in [-0.25, -0.2) is 8.78 Å². The topological polar surface area (TPSA) is 87.7 Å². The number of hydrogen-bond donors (Lipinski definition) is 3. The highest BCUT2D eigenvalue weighted by atomic mass is 19.1. The van der Waals surface area contributed by atoms with Crippen molar-refractivity contribution >= 4 is 11.7 Å². The summed E-state index contributed by atoms with van der Waals surface area (Å²) in [6, 6.07) is 3.14. The van der Waals surface area contributed by atoms with Crippen LogP contribution in [0.1, 0.15) is 24.8 Å². The maximum absolute atomic E-state index is 13.4. The first-order valence-electron chi connectivity index (χ1n) is 6.20. The molecule has 0 bridgehead atoms. The van der Waals surface area contributed by atoms with Gasteiger partial charge in [0.15, 0.2) is 5.84 Å². The molecule has 1 aliphatic carbocycles. The molecule has 0 radical (unpaired) electrons. The van der Waals surface area contributed by atoms with Crippen molar-refractivity contribution in [1.82, 2.24) is 5.32 Å². The number of hydrogen-bond acceptors (Lipinski definition) is 3. The third-order valence-electron chi connectivity index (χ3n) is 3.69. The average molecular weight is 283 g/mol. The Morgan fingerprint density at radius 2 is 2.15 bits per heavy atom. The molecule has 2 rings (SSSR count). The van der Waals surface area contributed by atoms with E-state index in [0.29, 0.717) is 12.8 Å². The summed E-state index contributed by atoms with van der Waals surface area (Å²) in [4.78, 5) is 12.1. The molecule has 1 saturated carbocycles. The van der Waals surface area contributed by atoms with Gasteiger partial charge in [0.1, 0.15) is 17.0 Å². The van der Waals surface area contributed by atoms with Gasteiger partial charge in [-0.1, -0.05) is 17.6 Å². The number of amidine groups is 1. The van der Waals surface area contributed by atoms with Gasteiger partial charge in [-0.05, 0) is 18.9 Å². The lowest BCUT2D eigenvalue weighted by Gasteiger charge is -2.38. The van der Waals surface area contributed by atoms with Gasteiger partial charge in [-0.3, -0.25) is 4.79 Å². The Labute approximate surface area is 114 Å². The van der Waals surface area contributed by atoms with E-state index >= 15 is 0 Å². The van der Waals surface area contributed by atoms with Crippen LogP contribution in [0.15, 0.2) is 23.4 Å². The molecule has 0 spiro atoms. The zero-order valence-corrected chi connectivity index (χ0v) is 10.7. The van der Waals surface area contributed by atoms with Crippen LogP contribution in [-0.4, -0.2) is 17.0 Å². The number of nitrogens with one attached hydrogen (secondary N) is 1. The molecule has 5 nitrogen and oxygen atoms in total. The molecule has 1 aromatic rings. The average Bonchev–Trinajstić information content (AvgIpc) is 2.36. The second-order valence-electron chi connectivity index (χ2n) is 4.84. The fraction of sp³-hybridized carbons (Fsp3) is 0.385. The fourth-order valence-corrected chi connectivity index (χ4v) is 2.24. The summed E-state index contributed by atoms with van der Waals surface area (Å²) in [5, 5.41) is 14.2. The fourth-order valence-electron chi connectivity index (χ4n) is 2.24. The molecule has 20 heavy (non-hydrogen) atoms. The first-order valence-corrected chi connectivity index (χ1v) is 6.20. The van der Waals surface area contributed by atoms with E-state index in [9.17, 15) is 13.6 Å². The molecule has 0 heterocycles. The molecule has 4 N–H and O–H groups in total. The van der Waals surface area contributed by atoms with Gasteiger partial charge in [0.25, 0.3) is 0 Å². The summed E-state index contributed by atoms with van der Waals surface area (Å²) in [6.07, 6.45) is 1.77. The van der Waals surface area contributed by atoms with Gasteiger partial charge in [-0.2, -0.15) is 0 Å². The first-order chi connectivity index (χ1) is 9.49. The van der Waals surface area contributed by atoms with E-state index in [1.807, 2.05) is 0 Å². The molecule has 1 aliphatic rings. The Morgan fingerprint density at radius 3 is 2.65 bits per heavy atom. The van der Waals surface area contributed by atoms with Crippen molar-refractivity contribution < 1.29 is 18.8 Å². The summed E-state index contributed by atoms with van der Waals surface area (Å²) < 4.78 is 26.2. The molecule has 1 aromatic carbocycles. The monoisotopic (exact) mass is 283 g/mol. The summed E-state index contributed by atoms with van der Waals surface area (Å²) >= 11 is 0. The zero-order chi connectivity index (χ0) is 14.8. The Bertz CT molecular complexity index is 557. The number of halogens is 2. The van der Waals surface area contributed by atoms with E-state index in [-0.39, 0.29) is 17.9 Å². The Hall–Kier alpha value is -2.18. The van der Waals surface area contributed by atoms with Gasteiger partial charge >= 0.3 is 0 Å². The van der Waals surface area contributed by atoms with Gasteiger partial charge in [-0.15, -0.1) is 0 Å². The van der Waals surface area contributed by atoms with Gasteiger partial charge in [0.05, 0.1) is 0 Å². The minimum Gasteiger partial charge on any atom is -0.409 e. The molecule has 7 heteroatoms. The van der Waals surface area contributed by atoms with Crippen LogP contribution in [0.2, 0.25) is 0 Å². The molecular formula is C13H15F2N3O2. The maximum Gasteiger partial charge on any atom is 0.234 e. The summed E-state index contributed by atoms with van der Waals surface area (Å²) in [6.45, 7) is -0.0780. The Kier molecular flexibility index (Phi) is 3.87. The highest BCUT2D eigenvalue weighted by Gasteiger charge is 2.48. The lowest BCUT2D eigenvalue weighted by Crippen LogP contribution is -2.53. The second-order valence-corrected chi connectivity index (χ2v) is 4.84. The predicted molar refractivity (Wildman–Crippen MR) is 67.9 cm³/mol. The van der Waals surface area contributed by atoms with Crippen LogP contribution >= 0.6 is 0 Å². The number of nitrogens with zero attached hydrogens (tertiary/aromatic N) is 1. The van der Waals surface area contributed by atoms with Gasteiger partial charge in [0, 0.05) is 18.2 Å². The first kappa shape index (κ1) is 14.2. The normalized spacial score (nSPS) is 17.4. The lowest BCUT2D eigenvalue weighted by atomic mass is 9.67. The molecule has 0 atom stereocenters. The molecular weight excluding hydrogens is 268 g/mol. The van der Waals surface area contributed by atoms with E-state index in [4.69, 9.17) is 10.9 Å². The number of carbonyl (C=O) groups is 1. The molecule has 1 amide bonds. The molecule has 108 valence electrons. The Morgan fingerprint density at radius 1 is 1.45 bits per heavy atom. The Balaban J connectivity index is 2.05. The van der Waals surface area contributed by atoms with E-state index in [2.05, 4.69) is 10.5 Å². The minimum atomic E-state index is -1.01. The van der Waals surface area contributed by atoms with Crippen molar-refractivity contribution in [2.45, 2.75) is 25.8 Å². The van der Waals surface area contributed by atoms with Crippen LogP contribution < -0.4 is 11.1 Å². The van der Waals surface area contributed by atoms with Crippen LogP contribution in [0.3, 0.4) is 0 Å². The largest absolute Gasteiger partial charge is 0.409 e. The number of benzene rings is 1. The van der Waals surface area contributed by atoms with Crippen molar-refractivity contribution in [2.75, 3.05) is 0 Å². The van der Waals surface area contributed by atoms with Crippen molar-refractivity contribution in [3.05, 3.63) is 35.4 Å². The number of oxime groups is 1. The molecule has 0 aromatic heterocycles. The highest BCUT2D eigenvalue weighted by molar-refractivity contribution is 6.07. The molecule has 0 saturated heterocycles. The van der Waals surface area contributed by atoms with E-state index < -0.39 is 23.0 Å². The number of rotatable bonds is 4. The summed E-state index contributed by atoms with van der Waals surface area (Å²) in [7, 11) is 0. The van der Waals surface area contributed by atoms with E-state index in [1.165, 1.54) is 6.07 Å². The smallest absolute Gasteiger partial charge is 0.234 e. The van der Waals surface area contributed by atoms with Crippen molar-refractivity contribution in [1.29, 1.82) is 0 Å². The van der Waals surface area contributed by atoms with Gasteiger partial charge < -0.3 is 16.3 Å². The standard InChI is InChI=1S/C13H15F2N3O2/c14-9-3-2-8(10(15)6-9)7-17-12(19)13(4-1-5-13)11(16)18-20/h2-3,6,20H,1,4-5,7H2,(H2,16,18)(H,17,19). The molecule has 1 fully saturated rings. The third kappa shape index (κ3) is 2.43. The third-order valence-corrected chi connectivity index (χ3v) is 3.69. The lowest BCUT2D eigenvalue weighted by molar-refractivity contribution is -0.131. The number of nitrogens with two attached hydrogens (primary N) is 1. The van der Waals surface area contributed by atoms with Crippen molar-refractivity contribution in [2.24, 2.45) is 16.3 Å². The second kappa shape index (κ2) is 5.44. The van der Waals surface area contributed by atoms with Crippen LogP contribution in [-0.2, 0) is 11.3 Å². The van der Waals surface area contributed by atoms with Crippen LogP contribution in [0, 0.1) is 17.0 Å². The van der Waals surface area contributed by atoms with Crippen molar-refractivity contribution in [3.63, 3.8) is 0 Å². The molecule has 0 aliphatic heterocycles. The number of amides is 1. The van der Waals surface area contributed by atoms with Crippen LogP contribution in [0.4, 0.5) is 8.78 Å². The van der Waals surface area contributed by atoms with Crippen LogP contribution in [0.25, 0.3) is 0 Å². The maximum atomic E-state index is 13.4. The van der Waals surface area contributed by atoms with E-state index in [1.54, 1.807) is 0 Å². The summed E-state index contributed by atoms with van der Waals surface area (Å²) in [5.41, 5.74) is 4.71. The minimum absolute atomic E-state index is 0.0780. The van der Waals surface area contributed by atoms with Crippen LogP contribution in [0.5, 0.6) is 0 Å². The quantitative estimate of drug-likeness (QED) is 0.338. The SMILES string of the molecule is N/C(=N/O)C1(C(=O)NCc2ccc(F)cc2F)CCC1. The number of carbonyl (C=O) groups excluding carboxylic acids is 1. The highest BCUT2D eigenvalue weighted by Crippen LogP contribution is 2.41. The van der Waals surface area contributed by atoms with Gasteiger partial charge in [0.2, 0.25) is 5.91 Å². The van der Waals surface area contributed by atoms with Crippen molar-refractivity contribution in [3.8, 4) is 0 Å². The predicted octanol–water partition coefficient (Wildman–Crippen LogP) is 1.50. The molecule has 0 unspecified atom stereocenters. The summed E-state index contributed by atoms with van der Waals surface area (Å²) in [5.74, 6) is -1.95. The zero-order valence-electron chi connectivity index (χ0n) is 10.7.